The normalized spacial score (nSPS) is 16.8. The number of carbonyl (C=O) groups excluding carboxylic acids is 1. The van der Waals surface area contributed by atoms with Crippen LogP contribution in [0.25, 0.3) is 10.7 Å². The predicted molar refractivity (Wildman–Crippen MR) is 127 cm³/mol. The lowest BCUT2D eigenvalue weighted by atomic mass is 9.87. The smallest absolute Gasteiger partial charge is 0.234 e. The first kappa shape index (κ1) is 21.6. The molecule has 0 saturated heterocycles. The van der Waals surface area contributed by atoms with Crippen molar-refractivity contribution < 1.29 is 14.3 Å². The van der Waals surface area contributed by atoms with E-state index < -0.39 is 0 Å². The number of rotatable bonds is 6. The van der Waals surface area contributed by atoms with E-state index in [0.717, 1.165) is 29.5 Å². The molecule has 3 heterocycles. The van der Waals surface area contributed by atoms with Gasteiger partial charge in [0.15, 0.2) is 22.5 Å². The molecule has 0 spiro atoms. The Morgan fingerprint density at radius 3 is 2.94 bits per heavy atom. The first-order valence-corrected chi connectivity index (χ1v) is 12.7. The number of anilines is 1. The van der Waals surface area contributed by atoms with Crippen molar-refractivity contribution in [2.24, 2.45) is 13.0 Å². The highest BCUT2D eigenvalue weighted by molar-refractivity contribution is 7.99. The lowest BCUT2D eigenvalue weighted by molar-refractivity contribution is -0.113. The SMILES string of the molecule is CCC1CCc2sc(-c3nnc(SCC(=O)Nc4cc5c(cc4Cl)OCO5)n3C)cc2C1. The van der Waals surface area contributed by atoms with E-state index in [4.69, 9.17) is 21.1 Å². The van der Waals surface area contributed by atoms with Crippen molar-refractivity contribution in [2.45, 2.75) is 37.8 Å². The molecular weight excluding hydrogens is 468 g/mol. The first-order chi connectivity index (χ1) is 15.5. The average Bonchev–Trinajstić information content (AvgIpc) is 3.49. The van der Waals surface area contributed by atoms with Crippen molar-refractivity contribution in [3.8, 4) is 22.2 Å². The number of benzene rings is 1. The van der Waals surface area contributed by atoms with Gasteiger partial charge in [0.2, 0.25) is 12.7 Å². The topological polar surface area (TPSA) is 78.3 Å². The summed E-state index contributed by atoms with van der Waals surface area (Å²) < 4.78 is 12.6. The molecule has 0 bridgehead atoms. The number of aryl methyl sites for hydroxylation is 1. The molecule has 1 atom stereocenters. The van der Waals surface area contributed by atoms with Crippen LogP contribution in [-0.2, 0) is 24.7 Å². The van der Waals surface area contributed by atoms with Gasteiger partial charge in [-0.15, -0.1) is 21.5 Å². The molecule has 1 aliphatic carbocycles. The average molecular weight is 491 g/mol. The monoisotopic (exact) mass is 490 g/mol. The van der Waals surface area contributed by atoms with E-state index in [0.29, 0.717) is 27.4 Å². The summed E-state index contributed by atoms with van der Waals surface area (Å²) in [6, 6.07) is 5.59. The number of aromatic nitrogens is 3. The third-order valence-electron chi connectivity index (χ3n) is 5.89. The lowest BCUT2D eigenvalue weighted by Crippen LogP contribution is -2.14. The second-order valence-electron chi connectivity index (χ2n) is 7.96. The highest BCUT2D eigenvalue weighted by Crippen LogP contribution is 2.40. The summed E-state index contributed by atoms with van der Waals surface area (Å²) in [6.45, 7) is 2.42. The minimum Gasteiger partial charge on any atom is -0.454 e. The number of amides is 1. The fraction of sp³-hybridized carbons (Fsp3) is 0.409. The number of nitrogens with one attached hydrogen (secondary N) is 1. The molecule has 0 saturated carbocycles. The summed E-state index contributed by atoms with van der Waals surface area (Å²) in [4.78, 5) is 15.1. The van der Waals surface area contributed by atoms with E-state index in [1.807, 2.05) is 23.0 Å². The summed E-state index contributed by atoms with van der Waals surface area (Å²) in [7, 11) is 1.94. The number of carbonyl (C=O) groups is 1. The highest BCUT2D eigenvalue weighted by Gasteiger charge is 2.23. The maximum Gasteiger partial charge on any atom is 0.234 e. The van der Waals surface area contributed by atoms with Crippen molar-refractivity contribution in [3.63, 3.8) is 0 Å². The van der Waals surface area contributed by atoms with E-state index in [9.17, 15) is 4.79 Å². The Bertz CT molecular complexity index is 1180. The minimum atomic E-state index is -0.183. The molecule has 0 fully saturated rings. The summed E-state index contributed by atoms with van der Waals surface area (Å²) >= 11 is 9.40. The predicted octanol–water partition coefficient (Wildman–Crippen LogP) is 5.17. The summed E-state index contributed by atoms with van der Waals surface area (Å²) in [6.07, 6.45) is 4.81. The van der Waals surface area contributed by atoms with Gasteiger partial charge in [0, 0.05) is 24.1 Å². The fourth-order valence-electron chi connectivity index (χ4n) is 4.04. The van der Waals surface area contributed by atoms with Crippen LogP contribution in [0.3, 0.4) is 0 Å². The molecule has 168 valence electrons. The van der Waals surface area contributed by atoms with Crippen LogP contribution >= 0.6 is 34.7 Å². The number of nitrogens with zero attached hydrogens (tertiary/aromatic N) is 3. The van der Waals surface area contributed by atoms with E-state index >= 15 is 0 Å². The number of fused-ring (bicyclic) bond motifs is 2. The molecule has 2 aliphatic rings. The van der Waals surface area contributed by atoms with Gasteiger partial charge in [0.05, 0.1) is 21.3 Å². The lowest BCUT2D eigenvalue weighted by Gasteiger charge is -2.19. The Morgan fingerprint density at radius 1 is 1.31 bits per heavy atom. The van der Waals surface area contributed by atoms with Gasteiger partial charge in [-0.2, -0.15) is 0 Å². The van der Waals surface area contributed by atoms with Crippen LogP contribution in [0.15, 0.2) is 23.4 Å². The number of halogens is 1. The van der Waals surface area contributed by atoms with Crippen LogP contribution in [0.2, 0.25) is 5.02 Å². The summed E-state index contributed by atoms with van der Waals surface area (Å²) in [5, 5.41) is 12.6. The number of hydrogen-bond donors (Lipinski definition) is 1. The van der Waals surface area contributed by atoms with Gasteiger partial charge >= 0.3 is 0 Å². The van der Waals surface area contributed by atoms with Crippen LogP contribution in [0.5, 0.6) is 11.5 Å². The van der Waals surface area contributed by atoms with Gasteiger partial charge < -0.3 is 19.4 Å². The fourth-order valence-corrected chi connectivity index (χ4v) is 6.18. The Morgan fingerprint density at radius 2 is 2.12 bits per heavy atom. The molecule has 1 aromatic carbocycles. The van der Waals surface area contributed by atoms with E-state index in [-0.39, 0.29) is 18.5 Å². The molecule has 1 amide bonds. The molecule has 1 N–H and O–H groups in total. The molecule has 32 heavy (non-hydrogen) atoms. The summed E-state index contributed by atoms with van der Waals surface area (Å²) in [5.74, 6) is 2.79. The second kappa shape index (κ2) is 8.96. The van der Waals surface area contributed by atoms with Crippen molar-refractivity contribution in [1.29, 1.82) is 0 Å². The highest BCUT2D eigenvalue weighted by atomic mass is 35.5. The van der Waals surface area contributed by atoms with E-state index in [2.05, 4.69) is 28.5 Å². The zero-order chi connectivity index (χ0) is 22.2. The molecule has 10 heteroatoms. The van der Waals surface area contributed by atoms with Crippen molar-refractivity contribution in [1.82, 2.24) is 14.8 Å². The van der Waals surface area contributed by atoms with Gasteiger partial charge in [-0.1, -0.05) is 36.7 Å². The summed E-state index contributed by atoms with van der Waals surface area (Å²) in [5.41, 5.74) is 1.95. The Hall–Kier alpha value is -2.23. The van der Waals surface area contributed by atoms with Crippen LogP contribution in [-0.4, -0.2) is 33.2 Å². The van der Waals surface area contributed by atoms with Crippen LogP contribution in [0.4, 0.5) is 5.69 Å². The Labute approximate surface area is 199 Å². The van der Waals surface area contributed by atoms with Crippen LogP contribution in [0, 0.1) is 5.92 Å². The molecule has 3 aromatic rings. The molecule has 1 unspecified atom stereocenters. The number of hydrogen-bond acceptors (Lipinski definition) is 7. The van der Waals surface area contributed by atoms with Gasteiger partial charge in [0.25, 0.3) is 0 Å². The largest absolute Gasteiger partial charge is 0.454 e. The maximum absolute atomic E-state index is 12.5. The second-order valence-corrected chi connectivity index (χ2v) is 10.4. The van der Waals surface area contributed by atoms with Crippen LogP contribution in [0.1, 0.15) is 30.2 Å². The maximum atomic E-state index is 12.5. The zero-order valence-corrected chi connectivity index (χ0v) is 20.2. The quantitative estimate of drug-likeness (QED) is 0.480. The third-order valence-corrected chi connectivity index (χ3v) is 8.45. The molecular formula is C22H23ClN4O3S2. The zero-order valence-electron chi connectivity index (χ0n) is 17.8. The van der Waals surface area contributed by atoms with Crippen molar-refractivity contribution in [2.75, 3.05) is 17.9 Å². The van der Waals surface area contributed by atoms with Gasteiger partial charge in [-0.05, 0) is 36.8 Å². The molecule has 1 aliphatic heterocycles. The van der Waals surface area contributed by atoms with Crippen LogP contribution < -0.4 is 14.8 Å². The Kier molecular flexibility index (Phi) is 6.05. The van der Waals surface area contributed by atoms with Gasteiger partial charge in [-0.3, -0.25) is 4.79 Å². The minimum absolute atomic E-state index is 0.153. The standard InChI is InChI=1S/C22H23ClN4O3S2/c1-3-12-4-5-18-13(6-12)7-19(32-18)21-25-26-22(27(21)2)31-10-20(28)24-15-9-17-16(8-14(15)23)29-11-30-17/h7-9,12H,3-6,10-11H2,1-2H3,(H,24,28). The first-order valence-electron chi connectivity index (χ1n) is 10.5. The molecule has 2 aromatic heterocycles. The van der Waals surface area contributed by atoms with Crippen molar-refractivity contribution in [3.05, 3.63) is 33.7 Å². The number of thiophene rings is 1. The third kappa shape index (κ3) is 4.21. The molecule has 0 radical (unpaired) electrons. The Balaban J connectivity index is 1.24. The number of thioether (sulfide) groups is 1. The van der Waals surface area contributed by atoms with Gasteiger partial charge in [0.1, 0.15) is 0 Å². The van der Waals surface area contributed by atoms with E-state index in [1.54, 1.807) is 12.1 Å². The molecule has 5 rings (SSSR count). The number of ether oxygens (including phenoxy) is 2. The van der Waals surface area contributed by atoms with Crippen molar-refractivity contribution >= 4 is 46.3 Å². The van der Waals surface area contributed by atoms with E-state index in [1.165, 1.54) is 35.0 Å². The van der Waals surface area contributed by atoms with Gasteiger partial charge in [-0.25, -0.2) is 0 Å². The molecule has 7 nitrogen and oxygen atoms in total.